The second kappa shape index (κ2) is 7.67. The fraction of sp³-hybridized carbons (Fsp3) is 0.478. The molecule has 2 fully saturated rings. The molecule has 29 heavy (non-hydrogen) atoms. The Morgan fingerprint density at radius 1 is 1.10 bits per heavy atom. The monoisotopic (exact) mass is 394 g/mol. The normalized spacial score (nSPS) is 23.7. The topological polar surface area (TPSA) is 59.7 Å². The lowest BCUT2D eigenvalue weighted by molar-refractivity contribution is -0.133. The highest BCUT2D eigenvalue weighted by Gasteiger charge is 2.50. The van der Waals surface area contributed by atoms with Gasteiger partial charge in [0.05, 0.1) is 18.2 Å². The van der Waals surface area contributed by atoms with Crippen LogP contribution >= 0.6 is 0 Å². The Morgan fingerprint density at radius 3 is 2.52 bits per heavy atom. The Hall–Kier alpha value is -2.60. The molecule has 6 nitrogen and oxygen atoms in total. The zero-order valence-electron chi connectivity index (χ0n) is 17.7. The van der Waals surface area contributed by atoms with Crippen LogP contribution in [-0.4, -0.2) is 71.8 Å². The quantitative estimate of drug-likeness (QED) is 0.867. The second-order valence-electron chi connectivity index (χ2n) is 8.74. The molecule has 6 heteroatoms. The van der Waals surface area contributed by atoms with E-state index >= 15 is 0 Å². The van der Waals surface area contributed by atoms with Gasteiger partial charge in [0.25, 0.3) is 5.91 Å². The van der Waals surface area contributed by atoms with Crippen LogP contribution in [0.4, 0.5) is 0 Å². The number of nitrogens with one attached hydrogen (secondary N) is 1. The first kappa shape index (κ1) is 19.7. The van der Waals surface area contributed by atoms with E-state index in [1.807, 2.05) is 55.2 Å². The minimum atomic E-state index is 0.0266. The van der Waals surface area contributed by atoms with Gasteiger partial charge in [-0.3, -0.25) is 9.59 Å². The molecule has 0 bridgehead atoms. The number of amides is 2. The molecule has 0 aliphatic carbocycles. The highest BCUT2D eigenvalue weighted by molar-refractivity contribution is 5.95. The van der Waals surface area contributed by atoms with Crippen LogP contribution in [0.3, 0.4) is 0 Å². The zero-order valence-corrected chi connectivity index (χ0v) is 17.7. The minimum absolute atomic E-state index is 0.0266. The molecule has 3 atom stereocenters. The fourth-order valence-corrected chi connectivity index (χ4v) is 5.00. The lowest BCUT2D eigenvalue weighted by Crippen LogP contribution is -2.41. The molecule has 2 aliphatic rings. The number of aromatic nitrogens is 1. The smallest absolute Gasteiger partial charge is 0.255 e. The largest absolute Gasteiger partial charge is 0.365 e. The third-order valence-electron chi connectivity index (χ3n) is 6.41. The Labute approximate surface area is 172 Å². The number of rotatable bonds is 4. The molecule has 2 saturated heterocycles. The molecule has 1 N–H and O–H groups in total. The number of nitrogens with zero attached hydrogens (tertiary/aromatic N) is 3. The summed E-state index contributed by atoms with van der Waals surface area (Å²) in [4.78, 5) is 35.1. The first-order valence-corrected chi connectivity index (χ1v) is 10.3. The summed E-state index contributed by atoms with van der Waals surface area (Å²) in [5.41, 5.74) is 4.06. The summed E-state index contributed by atoms with van der Waals surface area (Å²) in [6.07, 6.45) is 1.82. The second-order valence-corrected chi connectivity index (χ2v) is 8.74. The Balaban J connectivity index is 1.62. The van der Waals surface area contributed by atoms with Gasteiger partial charge in [-0.25, -0.2) is 0 Å². The minimum Gasteiger partial charge on any atom is -0.365 e. The van der Waals surface area contributed by atoms with Crippen LogP contribution in [-0.2, 0) is 4.79 Å². The fourth-order valence-electron chi connectivity index (χ4n) is 5.00. The van der Waals surface area contributed by atoms with Gasteiger partial charge in [-0.15, -0.1) is 0 Å². The van der Waals surface area contributed by atoms with Gasteiger partial charge in [-0.05, 0) is 45.1 Å². The van der Waals surface area contributed by atoms with Crippen molar-refractivity contribution in [1.82, 2.24) is 19.7 Å². The number of hydrogen-bond donors (Lipinski definition) is 1. The van der Waals surface area contributed by atoms with Crippen molar-refractivity contribution in [3.8, 4) is 0 Å². The Kier molecular flexibility index (Phi) is 5.21. The number of likely N-dealkylation sites (tertiary alicyclic amines) is 2. The Bertz CT molecular complexity index is 919. The van der Waals surface area contributed by atoms with Crippen molar-refractivity contribution in [2.75, 3.05) is 40.3 Å². The van der Waals surface area contributed by atoms with Crippen molar-refractivity contribution in [2.24, 2.45) is 11.8 Å². The Morgan fingerprint density at radius 2 is 1.86 bits per heavy atom. The standard InChI is InChI=1S/C23H30N4O2/c1-15-7-5-6-8-18(15)22-20-13-26(23(29)19-9-10-24-16(19)2)11-17(20)12-27(22)21(28)14-25(3)4/h5-10,17,20,22,24H,11-14H2,1-4H3/t17-,20-,22+/m1/s1. The summed E-state index contributed by atoms with van der Waals surface area (Å²) in [5, 5.41) is 0. The van der Waals surface area contributed by atoms with Gasteiger partial charge in [-0.2, -0.15) is 0 Å². The molecule has 2 aromatic rings. The molecule has 1 aromatic carbocycles. The lowest BCUT2D eigenvalue weighted by Gasteiger charge is -2.31. The maximum Gasteiger partial charge on any atom is 0.255 e. The number of benzene rings is 1. The maximum atomic E-state index is 13.0. The van der Waals surface area contributed by atoms with E-state index in [1.165, 1.54) is 11.1 Å². The maximum absolute atomic E-state index is 13.0. The molecule has 0 radical (unpaired) electrons. The first-order chi connectivity index (χ1) is 13.9. The van der Waals surface area contributed by atoms with Crippen molar-refractivity contribution in [3.63, 3.8) is 0 Å². The average molecular weight is 395 g/mol. The third-order valence-corrected chi connectivity index (χ3v) is 6.41. The predicted octanol–water partition coefficient (Wildman–Crippen LogP) is 2.46. The van der Waals surface area contributed by atoms with Gasteiger partial charge < -0.3 is 19.7 Å². The number of aryl methyl sites for hydroxylation is 2. The van der Waals surface area contributed by atoms with Gasteiger partial charge in [0.1, 0.15) is 0 Å². The number of carbonyl (C=O) groups excluding carboxylic acids is 2. The molecule has 154 valence electrons. The van der Waals surface area contributed by atoms with E-state index in [2.05, 4.69) is 28.9 Å². The molecule has 2 amide bonds. The number of hydrogen-bond acceptors (Lipinski definition) is 3. The van der Waals surface area contributed by atoms with Gasteiger partial charge in [-0.1, -0.05) is 24.3 Å². The van der Waals surface area contributed by atoms with E-state index in [9.17, 15) is 9.59 Å². The number of H-pyrrole nitrogens is 1. The van der Waals surface area contributed by atoms with E-state index in [1.54, 1.807) is 0 Å². The van der Waals surface area contributed by atoms with Gasteiger partial charge in [0.15, 0.2) is 0 Å². The van der Waals surface area contributed by atoms with Gasteiger partial charge in [0, 0.05) is 43.4 Å². The van der Waals surface area contributed by atoms with Crippen LogP contribution < -0.4 is 0 Å². The van der Waals surface area contributed by atoms with Crippen molar-refractivity contribution >= 4 is 11.8 Å². The molecular weight excluding hydrogens is 364 g/mol. The number of aromatic amines is 1. The van der Waals surface area contributed by atoms with Crippen LogP contribution in [0.2, 0.25) is 0 Å². The van der Waals surface area contributed by atoms with Crippen LogP contribution in [0.5, 0.6) is 0 Å². The molecule has 2 aliphatic heterocycles. The molecule has 3 heterocycles. The average Bonchev–Trinajstić information content (AvgIpc) is 3.35. The summed E-state index contributed by atoms with van der Waals surface area (Å²) < 4.78 is 0. The van der Waals surface area contributed by atoms with E-state index in [0.717, 1.165) is 11.3 Å². The number of likely N-dealkylation sites (N-methyl/N-ethyl adjacent to an activating group) is 1. The highest BCUT2D eigenvalue weighted by Crippen LogP contribution is 2.46. The van der Waals surface area contributed by atoms with E-state index in [-0.39, 0.29) is 23.8 Å². The van der Waals surface area contributed by atoms with Crippen LogP contribution in [0.15, 0.2) is 36.5 Å². The zero-order chi connectivity index (χ0) is 20.7. The summed E-state index contributed by atoms with van der Waals surface area (Å²) >= 11 is 0. The predicted molar refractivity (Wildman–Crippen MR) is 113 cm³/mol. The summed E-state index contributed by atoms with van der Waals surface area (Å²) in [5.74, 6) is 0.837. The summed E-state index contributed by atoms with van der Waals surface area (Å²) in [6, 6.07) is 10.2. The van der Waals surface area contributed by atoms with Crippen molar-refractivity contribution in [3.05, 3.63) is 58.9 Å². The van der Waals surface area contributed by atoms with Crippen LogP contribution in [0.25, 0.3) is 0 Å². The molecule has 0 saturated carbocycles. The first-order valence-electron chi connectivity index (χ1n) is 10.3. The van der Waals surface area contributed by atoms with Crippen molar-refractivity contribution in [1.29, 1.82) is 0 Å². The number of fused-ring (bicyclic) bond motifs is 1. The highest BCUT2D eigenvalue weighted by atomic mass is 16.2. The molecule has 4 rings (SSSR count). The number of carbonyl (C=O) groups is 2. The van der Waals surface area contributed by atoms with E-state index < -0.39 is 0 Å². The van der Waals surface area contributed by atoms with Crippen LogP contribution in [0.1, 0.15) is 33.2 Å². The summed E-state index contributed by atoms with van der Waals surface area (Å²) in [6.45, 7) is 6.57. The molecular formula is C23H30N4O2. The third kappa shape index (κ3) is 3.57. The van der Waals surface area contributed by atoms with E-state index in [4.69, 9.17) is 0 Å². The van der Waals surface area contributed by atoms with Crippen molar-refractivity contribution < 1.29 is 9.59 Å². The SMILES string of the molecule is Cc1ccccc1[C@H]1[C@@H]2CN(C(=O)c3cc[nH]c3C)C[C@@H]2CN1C(=O)CN(C)C. The van der Waals surface area contributed by atoms with E-state index in [0.29, 0.717) is 32.1 Å². The molecule has 1 aromatic heterocycles. The molecule has 0 spiro atoms. The molecule has 0 unspecified atom stereocenters. The van der Waals surface area contributed by atoms with Crippen LogP contribution in [0, 0.1) is 25.7 Å². The van der Waals surface area contributed by atoms with Gasteiger partial charge >= 0.3 is 0 Å². The summed E-state index contributed by atoms with van der Waals surface area (Å²) in [7, 11) is 3.86. The lowest BCUT2D eigenvalue weighted by atomic mass is 9.87. The van der Waals surface area contributed by atoms with Gasteiger partial charge in [0.2, 0.25) is 5.91 Å². The van der Waals surface area contributed by atoms with Crippen molar-refractivity contribution in [2.45, 2.75) is 19.9 Å².